The number of rotatable bonds is 4. The van der Waals surface area contributed by atoms with Crippen LogP contribution in [0.25, 0.3) is 0 Å². The number of hydrogen-bond donors (Lipinski definition) is 1. The fraction of sp³-hybridized carbons (Fsp3) is 0.625. The molecule has 0 aromatic heterocycles. The van der Waals surface area contributed by atoms with Crippen LogP contribution in [0.15, 0.2) is 23.1 Å². The highest BCUT2D eigenvalue weighted by molar-refractivity contribution is 7.89. The Morgan fingerprint density at radius 2 is 1.81 bits per heavy atom. The molecule has 0 spiro atoms. The number of ether oxygens (including phenoxy) is 1. The molecular weight excluding hydrogens is 286 g/mol. The van der Waals surface area contributed by atoms with Crippen molar-refractivity contribution in [2.75, 3.05) is 0 Å². The summed E-state index contributed by atoms with van der Waals surface area (Å²) in [5.74, 6) is 1.75. The summed E-state index contributed by atoms with van der Waals surface area (Å²) in [4.78, 5) is 0.149. The third-order valence-corrected chi connectivity index (χ3v) is 5.10. The molecule has 1 saturated carbocycles. The van der Waals surface area contributed by atoms with Crippen molar-refractivity contribution in [1.82, 2.24) is 0 Å². The third kappa shape index (κ3) is 4.20. The van der Waals surface area contributed by atoms with Gasteiger partial charge in [0.25, 0.3) is 0 Å². The van der Waals surface area contributed by atoms with Gasteiger partial charge in [0.2, 0.25) is 10.0 Å². The fourth-order valence-corrected chi connectivity index (χ4v) is 3.34. The van der Waals surface area contributed by atoms with E-state index in [1.54, 1.807) is 12.1 Å². The Morgan fingerprint density at radius 1 is 1.19 bits per heavy atom. The molecule has 0 bridgehead atoms. The summed E-state index contributed by atoms with van der Waals surface area (Å²) in [6, 6.07) is 4.91. The molecule has 0 heterocycles. The molecule has 4 nitrogen and oxygen atoms in total. The van der Waals surface area contributed by atoms with E-state index in [0.29, 0.717) is 0 Å². The number of benzene rings is 1. The standard InChI is InChI=1S/C16H25NO3S/c1-11(2)15-10-14(21(17,18)19)8-9-16(15)20-13-6-4-12(3)5-7-13/h8-13H,4-7H2,1-3H3,(H2,17,18,19). The second-order valence-corrected chi connectivity index (χ2v) is 7.96. The molecule has 1 aromatic rings. The van der Waals surface area contributed by atoms with Gasteiger partial charge in [-0.1, -0.05) is 20.8 Å². The molecule has 0 atom stereocenters. The van der Waals surface area contributed by atoms with Crippen molar-refractivity contribution in [1.29, 1.82) is 0 Å². The van der Waals surface area contributed by atoms with E-state index in [1.165, 1.54) is 18.9 Å². The van der Waals surface area contributed by atoms with Crippen molar-refractivity contribution in [2.24, 2.45) is 11.1 Å². The van der Waals surface area contributed by atoms with E-state index in [0.717, 1.165) is 30.1 Å². The topological polar surface area (TPSA) is 69.4 Å². The van der Waals surface area contributed by atoms with Crippen LogP contribution in [-0.4, -0.2) is 14.5 Å². The lowest BCUT2D eigenvalue weighted by molar-refractivity contribution is 0.134. The Kier molecular flexibility index (Phi) is 4.94. The Balaban J connectivity index is 2.23. The van der Waals surface area contributed by atoms with E-state index in [2.05, 4.69) is 6.92 Å². The Labute approximate surface area is 127 Å². The molecular formula is C16H25NO3S. The molecule has 0 aliphatic heterocycles. The number of sulfonamides is 1. The molecule has 0 unspecified atom stereocenters. The molecule has 2 rings (SSSR count). The molecule has 1 aromatic carbocycles. The van der Waals surface area contributed by atoms with Crippen molar-refractivity contribution < 1.29 is 13.2 Å². The third-order valence-electron chi connectivity index (χ3n) is 4.19. The van der Waals surface area contributed by atoms with Crippen LogP contribution in [0.3, 0.4) is 0 Å². The van der Waals surface area contributed by atoms with E-state index in [1.807, 2.05) is 13.8 Å². The minimum Gasteiger partial charge on any atom is -0.490 e. The zero-order chi connectivity index (χ0) is 15.6. The SMILES string of the molecule is CC1CCC(Oc2ccc(S(N)(=O)=O)cc2C(C)C)CC1. The van der Waals surface area contributed by atoms with Crippen LogP contribution >= 0.6 is 0 Å². The van der Waals surface area contributed by atoms with Crippen molar-refractivity contribution >= 4 is 10.0 Å². The first kappa shape index (κ1) is 16.3. The molecule has 1 aliphatic rings. The van der Waals surface area contributed by atoms with Crippen LogP contribution < -0.4 is 9.88 Å². The minimum absolute atomic E-state index is 0.149. The smallest absolute Gasteiger partial charge is 0.238 e. The van der Waals surface area contributed by atoms with Crippen LogP contribution in [0.1, 0.15) is 57.9 Å². The summed E-state index contributed by atoms with van der Waals surface area (Å²) >= 11 is 0. The van der Waals surface area contributed by atoms with Gasteiger partial charge in [0.1, 0.15) is 5.75 Å². The second kappa shape index (κ2) is 6.36. The first-order chi connectivity index (χ1) is 9.77. The lowest BCUT2D eigenvalue weighted by Crippen LogP contribution is -2.23. The zero-order valence-corrected chi connectivity index (χ0v) is 13.8. The fourth-order valence-electron chi connectivity index (χ4n) is 2.79. The predicted octanol–water partition coefficient (Wildman–Crippen LogP) is 3.41. The van der Waals surface area contributed by atoms with Gasteiger partial charge in [-0.05, 0) is 61.3 Å². The zero-order valence-electron chi connectivity index (χ0n) is 13.0. The molecule has 0 saturated heterocycles. The number of primary sulfonamides is 1. The quantitative estimate of drug-likeness (QED) is 0.926. The van der Waals surface area contributed by atoms with Gasteiger partial charge in [0.15, 0.2) is 0 Å². The Bertz CT molecular complexity index is 588. The van der Waals surface area contributed by atoms with Gasteiger partial charge in [0, 0.05) is 0 Å². The van der Waals surface area contributed by atoms with E-state index in [4.69, 9.17) is 9.88 Å². The summed E-state index contributed by atoms with van der Waals surface area (Å²) in [5, 5.41) is 5.21. The molecule has 5 heteroatoms. The first-order valence-corrected chi connectivity index (χ1v) is 9.15. The van der Waals surface area contributed by atoms with Crippen molar-refractivity contribution in [3.63, 3.8) is 0 Å². The number of hydrogen-bond acceptors (Lipinski definition) is 3. The van der Waals surface area contributed by atoms with Crippen molar-refractivity contribution in [3.8, 4) is 5.75 Å². The maximum atomic E-state index is 11.5. The van der Waals surface area contributed by atoms with Gasteiger partial charge in [0.05, 0.1) is 11.0 Å². The van der Waals surface area contributed by atoms with Gasteiger partial charge in [-0.15, -0.1) is 0 Å². The second-order valence-electron chi connectivity index (χ2n) is 6.40. The highest BCUT2D eigenvalue weighted by Crippen LogP contribution is 2.33. The minimum atomic E-state index is -3.67. The van der Waals surface area contributed by atoms with Crippen LogP contribution in [0.5, 0.6) is 5.75 Å². The predicted molar refractivity (Wildman–Crippen MR) is 84.0 cm³/mol. The highest BCUT2D eigenvalue weighted by Gasteiger charge is 2.22. The molecule has 2 N–H and O–H groups in total. The number of nitrogens with two attached hydrogens (primary N) is 1. The van der Waals surface area contributed by atoms with Crippen LogP contribution in [0.2, 0.25) is 0 Å². The van der Waals surface area contributed by atoms with Crippen LogP contribution in [0.4, 0.5) is 0 Å². The first-order valence-electron chi connectivity index (χ1n) is 7.60. The van der Waals surface area contributed by atoms with Gasteiger partial charge in [-0.3, -0.25) is 0 Å². The Morgan fingerprint density at radius 3 is 2.33 bits per heavy atom. The molecule has 0 amide bonds. The normalized spacial score (nSPS) is 23.3. The molecule has 0 radical (unpaired) electrons. The van der Waals surface area contributed by atoms with Crippen molar-refractivity contribution in [2.45, 2.75) is 63.4 Å². The van der Waals surface area contributed by atoms with Gasteiger partial charge >= 0.3 is 0 Å². The lowest BCUT2D eigenvalue weighted by Gasteiger charge is -2.28. The molecule has 21 heavy (non-hydrogen) atoms. The van der Waals surface area contributed by atoms with Crippen LogP contribution in [-0.2, 0) is 10.0 Å². The average Bonchev–Trinajstić information content (AvgIpc) is 2.40. The Hall–Kier alpha value is -1.07. The summed E-state index contributed by atoms with van der Waals surface area (Å²) in [6.45, 7) is 6.33. The monoisotopic (exact) mass is 311 g/mol. The lowest BCUT2D eigenvalue weighted by atomic mass is 9.89. The van der Waals surface area contributed by atoms with E-state index >= 15 is 0 Å². The maximum absolute atomic E-state index is 11.5. The van der Waals surface area contributed by atoms with E-state index < -0.39 is 10.0 Å². The summed E-state index contributed by atoms with van der Waals surface area (Å²) in [7, 11) is -3.67. The highest BCUT2D eigenvalue weighted by atomic mass is 32.2. The van der Waals surface area contributed by atoms with Crippen molar-refractivity contribution in [3.05, 3.63) is 23.8 Å². The van der Waals surface area contributed by atoms with Gasteiger partial charge in [-0.25, -0.2) is 13.6 Å². The maximum Gasteiger partial charge on any atom is 0.238 e. The van der Waals surface area contributed by atoms with Gasteiger partial charge < -0.3 is 4.74 Å². The summed E-state index contributed by atoms with van der Waals surface area (Å²) in [5.41, 5.74) is 0.903. The largest absolute Gasteiger partial charge is 0.490 e. The molecule has 1 fully saturated rings. The van der Waals surface area contributed by atoms with E-state index in [-0.39, 0.29) is 16.9 Å². The van der Waals surface area contributed by atoms with E-state index in [9.17, 15) is 8.42 Å². The average molecular weight is 311 g/mol. The van der Waals surface area contributed by atoms with Crippen LogP contribution in [0, 0.1) is 5.92 Å². The summed E-state index contributed by atoms with van der Waals surface area (Å²) in [6.07, 6.45) is 4.75. The molecule has 118 valence electrons. The summed E-state index contributed by atoms with van der Waals surface area (Å²) < 4.78 is 29.1. The molecule has 1 aliphatic carbocycles. The van der Waals surface area contributed by atoms with Gasteiger partial charge in [-0.2, -0.15) is 0 Å².